The number of Topliss-reactive ketones (excluding diaryl/α,β-unsaturated/α-hetero) is 2. The van der Waals surface area contributed by atoms with E-state index in [0.717, 1.165) is 0 Å². The predicted molar refractivity (Wildman–Crippen MR) is 42.6 cm³/mol. The Morgan fingerprint density at radius 3 is 1.69 bits per heavy atom. The molecule has 8 atom stereocenters. The number of hydrogen-bond acceptors (Lipinski definition) is 2. The van der Waals surface area contributed by atoms with Crippen LogP contribution in [0.3, 0.4) is 0 Å². The molecule has 0 aromatic carbocycles. The zero-order chi connectivity index (χ0) is 8.48. The molecule has 2 bridgehead atoms. The summed E-state index contributed by atoms with van der Waals surface area (Å²) in [5, 5.41) is 0. The molecule has 0 saturated heterocycles. The Morgan fingerprint density at radius 2 is 1.23 bits per heavy atom. The lowest BCUT2D eigenvalue weighted by molar-refractivity contribution is -0.145. The van der Waals surface area contributed by atoms with E-state index in [0.29, 0.717) is 35.2 Å². The Kier molecular flexibility index (Phi) is 0.602. The highest BCUT2D eigenvalue weighted by molar-refractivity contribution is 6.06. The van der Waals surface area contributed by atoms with Crippen LogP contribution in [0.5, 0.6) is 0 Å². The molecule has 13 heavy (non-hydrogen) atoms. The van der Waals surface area contributed by atoms with Gasteiger partial charge in [0.2, 0.25) is 0 Å². The summed E-state index contributed by atoms with van der Waals surface area (Å²) in [4.78, 5) is 23.8. The molecule has 5 fully saturated rings. The maximum absolute atomic E-state index is 11.9. The van der Waals surface area contributed by atoms with Gasteiger partial charge in [0, 0.05) is 23.7 Å². The van der Waals surface area contributed by atoms with E-state index >= 15 is 0 Å². The summed E-state index contributed by atoms with van der Waals surface area (Å²) in [6.07, 6.45) is 1.22. The van der Waals surface area contributed by atoms with Crippen molar-refractivity contribution in [2.75, 3.05) is 0 Å². The highest BCUT2D eigenvalue weighted by Gasteiger charge is 2.84. The third kappa shape index (κ3) is 0.323. The summed E-state index contributed by atoms with van der Waals surface area (Å²) in [6, 6.07) is 0. The minimum absolute atomic E-state index is 0.211. The molecule has 5 aliphatic rings. The van der Waals surface area contributed by atoms with Gasteiger partial charge in [-0.3, -0.25) is 9.59 Å². The second-order valence-corrected chi connectivity index (χ2v) is 5.63. The first-order valence-corrected chi connectivity index (χ1v) is 5.38. The molecule has 0 aliphatic heterocycles. The lowest BCUT2D eigenvalue weighted by atomic mass is 9.59. The van der Waals surface area contributed by atoms with Crippen molar-refractivity contribution in [1.29, 1.82) is 0 Å². The van der Waals surface area contributed by atoms with E-state index in [1.165, 1.54) is 6.42 Å². The van der Waals surface area contributed by atoms with Gasteiger partial charge in [-0.1, -0.05) is 0 Å². The highest BCUT2D eigenvalue weighted by Crippen LogP contribution is 2.80. The van der Waals surface area contributed by atoms with Gasteiger partial charge in [-0.15, -0.1) is 0 Å². The molecular weight excluding hydrogens is 164 g/mol. The first kappa shape index (κ1) is 5.94. The number of hydrogen-bond donors (Lipinski definition) is 0. The molecule has 0 spiro atoms. The van der Waals surface area contributed by atoms with Crippen molar-refractivity contribution in [2.24, 2.45) is 47.3 Å². The summed E-state index contributed by atoms with van der Waals surface area (Å²) in [5.74, 6) is 4.49. The quantitative estimate of drug-likeness (QED) is 0.536. The molecule has 0 radical (unpaired) electrons. The largest absolute Gasteiger partial charge is 0.299 e. The molecule has 5 rings (SSSR count). The van der Waals surface area contributed by atoms with Crippen molar-refractivity contribution in [3.8, 4) is 0 Å². The van der Waals surface area contributed by atoms with Gasteiger partial charge in [-0.2, -0.15) is 0 Å². The molecule has 0 aromatic rings. The summed E-state index contributed by atoms with van der Waals surface area (Å²) in [5.41, 5.74) is 0. The molecule has 0 unspecified atom stereocenters. The number of carbonyl (C=O) groups is 2. The molecular formula is C11H10O2. The average molecular weight is 174 g/mol. The van der Waals surface area contributed by atoms with Crippen LogP contribution >= 0.6 is 0 Å². The Morgan fingerprint density at radius 1 is 0.769 bits per heavy atom. The van der Waals surface area contributed by atoms with Crippen LogP contribution in [0.15, 0.2) is 0 Å². The molecule has 0 aromatic heterocycles. The molecule has 2 nitrogen and oxygen atoms in total. The van der Waals surface area contributed by atoms with Gasteiger partial charge in [-0.05, 0) is 30.1 Å². The third-order valence-corrected chi connectivity index (χ3v) is 5.82. The Hall–Kier alpha value is -0.660. The van der Waals surface area contributed by atoms with Gasteiger partial charge in [-0.25, -0.2) is 0 Å². The van der Waals surface area contributed by atoms with Gasteiger partial charge in [0.05, 0.1) is 0 Å². The fourth-order valence-electron chi connectivity index (χ4n) is 5.80. The van der Waals surface area contributed by atoms with Gasteiger partial charge < -0.3 is 0 Å². The van der Waals surface area contributed by atoms with Crippen LogP contribution in [-0.2, 0) is 9.59 Å². The van der Waals surface area contributed by atoms with Crippen LogP contribution in [0.2, 0.25) is 0 Å². The van der Waals surface area contributed by atoms with Crippen LogP contribution < -0.4 is 0 Å². The molecule has 0 heterocycles. The van der Waals surface area contributed by atoms with E-state index in [2.05, 4.69) is 0 Å². The van der Waals surface area contributed by atoms with Crippen LogP contribution in [0.4, 0.5) is 0 Å². The van der Waals surface area contributed by atoms with Crippen molar-refractivity contribution in [3.05, 3.63) is 0 Å². The fourth-order valence-corrected chi connectivity index (χ4v) is 5.80. The van der Waals surface area contributed by atoms with Crippen molar-refractivity contribution in [2.45, 2.75) is 6.42 Å². The lowest BCUT2D eigenvalue weighted by Crippen LogP contribution is -2.47. The van der Waals surface area contributed by atoms with E-state index in [9.17, 15) is 9.59 Å². The average Bonchev–Trinajstić information content (AvgIpc) is 2.52. The summed E-state index contributed by atoms with van der Waals surface area (Å²) >= 11 is 0. The van der Waals surface area contributed by atoms with Crippen molar-refractivity contribution >= 4 is 11.6 Å². The number of ketones is 2. The SMILES string of the molecule is O=C1[C@@H]2[C@H]3C[C@H]4[C@@H]2C(=O)[C@@H]2[C@@H]1[C@H]3[C@@H]42. The van der Waals surface area contributed by atoms with Crippen molar-refractivity contribution in [1.82, 2.24) is 0 Å². The minimum Gasteiger partial charge on any atom is -0.299 e. The monoisotopic (exact) mass is 174 g/mol. The number of carbonyl (C=O) groups excluding carboxylic acids is 2. The molecule has 5 aliphatic carbocycles. The van der Waals surface area contributed by atoms with Crippen LogP contribution in [-0.4, -0.2) is 11.6 Å². The zero-order valence-electron chi connectivity index (χ0n) is 7.14. The first-order chi connectivity index (χ1) is 6.30. The minimum atomic E-state index is 0.211. The maximum atomic E-state index is 11.9. The molecule has 0 amide bonds. The summed E-state index contributed by atoms with van der Waals surface area (Å²) in [7, 11) is 0. The highest BCUT2D eigenvalue weighted by atomic mass is 16.1. The van der Waals surface area contributed by atoms with Crippen molar-refractivity contribution in [3.63, 3.8) is 0 Å². The summed E-state index contributed by atoms with van der Waals surface area (Å²) in [6.45, 7) is 0. The van der Waals surface area contributed by atoms with Crippen LogP contribution in [0.1, 0.15) is 6.42 Å². The second kappa shape index (κ2) is 1.32. The normalized spacial score (nSPS) is 74.2. The Balaban J connectivity index is 1.92. The topological polar surface area (TPSA) is 34.1 Å². The third-order valence-electron chi connectivity index (χ3n) is 5.82. The number of rotatable bonds is 0. The van der Waals surface area contributed by atoms with Gasteiger partial charge in [0.1, 0.15) is 11.6 Å². The van der Waals surface area contributed by atoms with E-state index in [1.54, 1.807) is 0 Å². The Bertz CT molecular complexity index is 346. The molecule has 0 N–H and O–H groups in total. The maximum Gasteiger partial charge on any atom is 0.141 e. The van der Waals surface area contributed by atoms with Crippen LogP contribution in [0.25, 0.3) is 0 Å². The van der Waals surface area contributed by atoms with Gasteiger partial charge in [0.15, 0.2) is 0 Å². The predicted octanol–water partition coefficient (Wildman–Crippen LogP) is 0.512. The van der Waals surface area contributed by atoms with E-state index < -0.39 is 0 Å². The number of fused-ring (bicyclic) bond motifs is 2. The second-order valence-electron chi connectivity index (χ2n) is 5.63. The van der Waals surface area contributed by atoms with Gasteiger partial charge >= 0.3 is 0 Å². The first-order valence-electron chi connectivity index (χ1n) is 5.38. The Labute approximate surface area is 75.7 Å². The van der Waals surface area contributed by atoms with Crippen LogP contribution in [0, 0.1) is 47.3 Å². The van der Waals surface area contributed by atoms with E-state index in [4.69, 9.17) is 0 Å². The van der Waals surface area contributed by atoms with E-state index in [1.807, 2.05) is 0 Å². The van der Waals surface area contributed by atoms with E-state index in [-0.39, 0.29) is 23.7 Å². The van der Waals surface area contributed by atoms with Gasteiger partial charge in [0.25, 0.3) is 0 Å². The lowest BCUT2D eigenvalue weighted by Gasteiger charge is -2.42. The smallest absolute Gasteiger partial charge is 0.141 e. The fraction of sp³-hybridized carbons (Fsp3) is 0.818. The van der Waals surface area contributed by atoms with Crippen molar-refractivity contribution < 1.29 is 9.59 Å². The standard InChI is InChI=1S/C11H10O2/c12-10-6-2-1-3-5-4(2)8(10)9(5)11(13)7(3)6/h2-9H,1H2/t2-,3+,4-,5-,6+,7-,8+,9+/m1/s1. The summed E-state index contributed by atoms with van der Waals surface area (Å²) < 4.78 is 0. The zero-order valence-corrected chi connectivity index (χ0v) is 7.14. The molecule has 66 valence electrons. The molecule has 5 saturated carbocycles. The molecule has 2 heteroatoms.